The van der Waals surface area contributed by atoms with Gasteiger partial charge in [0.25, 0.3) is 5.56 Å². The second-order valence-corrected chi connectivity index (χ2v) is 7.27. The zero-order valence-corrected chi connectivity index (χ0v) is 17.5. The Bertz CT molecular complexity index is 909. The molecule has 1 saturated heterocycles. The summed E-state index contributed by atoms with van der Waals surface area (Å²) in [6.07, 6.45) is 0.902. The van der Waals surface area contributed by atoms with Crippen molar-refractivity contribution in [1.82, 2.24) is 9.55 Å². The molecule has 28 heavy (non-hydrogen) atoms. The van der Waals surface area contributed by atoms with Crippen LogP contribution in [0.5, 0.6) is 5.75 Å². The highest BCUT2D eigenvalue weighted by atomic mass is 16.5. The molecule has 0 unspecified atom stereocenters. The second kappa shape index (κ2) is 8.32. The van der Waals surface area contributed by atoms with Crippen molar-refractivity contribution in [3.63, 3.8) is 0 Å². The van der Waals surface area contributed by atoms with E-state index in [2.05, 4.69) is 4.90 Å². The van der Waals surface area contributed by atoms with Crippen LogP contribution in [0.4, 0.5) is 5.69 Å². The molecular weight excluding hydrogens is 358 g/mol. The summed E-state index contributed by atoms with van der Waals surface area (Å²) < 4.78 is 17.8. The van der Waals surface area contributed by atoms with E-state index in [1.165, 1.54) is 0 Å². The van der Waals surface area contributed by atoms with Gasteiger partial charge in [-0.15, -0.1) is 0 Å². The Balaban J connectivity index is 2.07. The number of anilines is 1. The van der Waals surface area contributed by atoms with Gasteiger partial charge in [0.1, 0.15) is 17.3 Å². The maximum Gasteiger partial charge on any atom is 0.277 e. The number of hydrogen-bond donors (Lipinski definition) is 0. The molecule has 7 heteroatoms. The molecule has 0 bridgehead atoms. The normalized spacial score (nSPS) is 19.3. The average molecular weight is 387 g/mol. The van der Waals surface area contributed by atoms with Gasteiger partial charge in [-0.1, -0.05) is 0 Å². The SMILES string of the molecule is COC[C@@H]1C[C@@H](OC)CN1c1c(C)nc(-c2ccc(OC)cc2C)n(C)c1=O. The van der Waals surface area contributed by atoms with E-state index < -0.39 is 0 Å². The Morgan fingerprint density at radius 1 is 1.21 bits per heavy atom. The molecule has 0 radical (unpaired) electrons. The van der Waals surface area contributed by atoms with Crippen molar-refractivity contribution in [3.05, 3.63) is 39.8 Å². The third-order valence-electron chi connectivity index (χ3n) is 5.47. The Morgan fingerprint density at radius 2 is 1.96 bits per heavy atom. The maximum absolute atomic E-state index is 13.3. The number of aromatic nitrogens is 2. The molecule has 2 atom stereocenters. The first kappa shape index (κ1) is 20.4. The largest absolute Gasteiger partial charge is 0.497 e. The number of methoxy groups -OCH3 is 3. The summed E-state index contributed by atoms with van der Waals surface area (Å²) in [4.78, 5) is 20.2. The first-order valence-corrected chi connectivity index (χ1v) is 9.42. The van der Waals surface area contributed by atoms with Gasteiger partial charge in [0.2, 0.25) is 0 Å². The van der Waals surface area contributed by atoms with E-state index in [0.717, 1.165) is 23.3 Å². The summed E-state index contributed by atoms with van der Waals surface area (Å²) in [7, 11) is 6.79. The molecule has 0 N–H and O–H groups in total. The molecule has 1 aromatic carbocycles. The van der Waals surface area contributed by atoms with Crippen LogP contribution >= 0.6 is 0 Å². The molecule has 0 amide bonds. The minimum atomic E-state index is -0.0597. The van der Waals surface area contributed by atoms with Gasteiger partial charge in [-0.25, -0.2) is 4.98 Å². The van der Waals surface area contributed by atoms with Crippen LogP contribution in [0.1, 0.15) is 17.7 Å². The van der Waals surface area contributed by atoms with Gasteiger partial charge in [-0.2, -0.15) is 0 Å². The molecule has 2 heterocycles. The first-order valence-electron chi connectivity index (χ1n) is 9.42. The third kappa shape index (κ3) is 3.64. The summed E-state index contributed by atoms with van der Waals surface area (Å²) in [5.74, 6) is 1.43. The molecule has 0 aliphatic carbocycles. The van der Waals surface area contributed by atoms with E-state index in [0.29, 0.717) is 30.4 Å². The topological polar surface area (TPSA) is 65.8 Å². The van der Waals surface area contributed by atoms with Crippen LogP contribution in [0.25, 0.3) is 11.4 Å². The first-order chi connectivity index (χ1) is 13.4. The number of rotatable bonds is 6. The van der Waals surface area contributed by atoms with Crippen molar-refractivity contribution < 1.29 is 14.2 Å². The number of nitrogens with zero attached hydrogens (tertiary/aromatic N) is 3. The lowest BCUT2D eigenvalue weighted by atomic mass is 10.1. The number of ether oxygens (including phenoxy) is 3. The van der Waals surface area contributed by atoms with E-state index in [4.69, 9.17) is 19.2 Å². The fourth-order valence-corrected chi connectivity index (χ4v) is 3.95. The molecule has 1 aliphatic heterocycles. The van der Waals surface area contributed by atoms with E-state index in [1.807, 2.05) is 32.0 Å². The zero-order chi connectivity index (χ0) is 20.4. The Hall–Kier alpha value is -2.38. The van der Waals surface area contributed by atoms with Crippen molar-refractivity contribution in [3.8, 4) is 17.1 Å². The lowest BCUT2D eigenvalue weighted by molar-refractivity contribution is 0.111. The van der Waals surface area contributed by atoms with Gasteiger partial charge >= 0.3 is 0 Å². The lowest BCUT2D eigenvalue weighted by Gasteiger charge is -2.27. The quantitative estimate of drug-likeness (QED) is 0.758. The predicted octanol–water partition coefficient (Wildman–Crippen LogP) is 2.31. The van der Waals surface area contributed by atoms with Crippen molar-refractivity contribution in [1.29, 1.82) is 0 Å². The van der Waals surface area contributed by atoms with Crippen LogP contribution in [-0.2, 0) is 16.5 Å². The van der Waals surface area contributed by atoms with Gasteiger partial charge < -0.3 is 19.1 Å². The molecule has 7 nitrogen and oxygen atoms in total. The number of hydrogen-bond acceptors (Lipinski definition) is 6. The molecule has 152 valence electrons. The number of aryl methyl sites for hydroxylation is 2. The Morgan fingerprint density at radius 3 is 2.57 bits per heavy atom. The van der Waals surface area contributed by atoms with Gasteiger partial charge in [0, 0.05) is 33.4 Å². The van der Waals surface area contributed by atoms with E-state index in [-0.39, 0.29) is 17.7 Å². The highest BCUT2D eigenvalue weighted by Crippen LogP contribution is 2.30. The van der Waals surface area contributed by atoms with Crippen LogP contribution in [0.2, 0.25) is 0 Å². The zero-order valence-electron chi connectivity index (χ0n) is 17.5. The Kier molecular flexibility index (Phi) is 6.05. The summed E-state index contributed by atoms with van der Waals surface area (Å²) in [5.41, 5.74) is 3.20. The van der Waals surface area contributed by atoms with Gasteiger partial charge in [-0.05, 0) is 44.0 Å². The van der Waals surface area contributed by atoms with Crippen LogP contribution in [0.15, 0.2) is 23.0 Å². The van der Waals surface area contributed by atoms with Crippen molar-refractivity contribution in [2.45, 2.75) is 32.4 Å². The van der Waals surface area contributed by atoms with Crippen LogP contribution in [0.3, 0.4) is 0 Å². The van der Waals surface area contributed by atoms with Crippen LogP contribution in [-0.4, -0.2) is 56.2 Å². The summed E-state index contributed by atoms with van der Waals surface area (Å²) >= 11 is 0. The van der Waals surface area contributed by atoms with Crippen LogP contribution < -0.4 is 15.2 Å². The van der Waals surface area contributed by atoms with Crippen molar-refractivity contribution in [2.24, 2.45) is 7.05 Å². The molecule has 0 spiro atoms. The molecule has 2 aromatic rings. The summed E-state index contributed by atoms with van der Waals surface area (Å²) in [5, 5.41) is 0. The highest BCUT2D eigenvalue weighted by Gasteiger charge is 2.35. The van der Waals surface area contributed by atoms with E-state index >= 15 is 0 Å². The molecule has 3 rings (SSSR count). The average Bonchev–Trinajstić information content (AvgIpc) is 3.08. The highest BCUT2D eigenvalue weighted by molar-refractivity contribution is 5.64. The second-order valence-electron chi connectivity index (χ2n) is 7.27. The molecular formula is C21H29N3O4. The third-order valence-corrected chi connectivity index (χ3v) is 5.47. The molecule has 1 aromatic heterocycles. The fourth-order valence-electron chi connectivity index (χ4n) is 3.95. The number of benzene rings is 1. The van der Waals surface area contributed by atoms with Gasteiger partial charge in [0.05, 0.1) is 31.6 Å². The minimum Gasteiger partial charge on any atom is -0.497 e. The standard InChI is InChI=1S/C21H29N3O4/c1-13-9-16(27-5)7-8-18(13)20-22-14(2)19(21(25)23(20)3)24-11-17(28-6)10-15(24)12-26-4/h7-9,15,17H,10-12H2,1-6H3/t15-,17+/m0/s1. The minimum absolute atomic E-state index is 0.0597. The van der Waals surface area contributed by atoms with Crippen molar-refractivity contribution in [2.75, 3.05) is 39.4 Å². The van der Waals surface area contributed by atoms with Crippen molar-refractivity contribution >= 4 is 5.69 Å². The monoisotopic (exact) mass is 387 g/mol. The fraction of sp³-hybridized carbons (Fsp3) is 0.524. The van der Waals surface area contributed by atoms with Gasteiger partial charge in [0.15, 0.2) is 0 Å². The van der Waals surface area contributed by atoms with Gasteiger partial charge in [-0.3, -0.25) is 9.36 Å². The summed E-state index contributed by atoms with van der Waals surface area (Å²) in [6, 6.07) is 5.87. The molecule has 0 saturated carbocycles. The predicted molar refractivity (Wildman–Crippen MR) is 109 cm³/mol. The van der Waals surface area contributed by atoms with Crippen LogP contribution in [0, 0.1) is 13.8 Å². The molecule has 1 aliphatic rings. The summed E-state index contributed by atoms with van der Waals surface area (Å²) in [6.45, 7) is 5.08. The lowest BCUT2D eigenvalue weighted by Crippen LogP contribution is -2.39. The molecule has 1 fully saturated rings. The van der Waals surface area contributed by atoms with E-state index in [9.17, 15) is 4.79 Å². The Labute approximate surface area is 165 Å². The maximum atomic E-state index is 13.3. The van der Waals surface area contributed by atoms with E-state index in [1.54, 1.807) is 32.9 Å². The smallest absolute Gasteiger partial charge is 0.277 e.